The molecular formula is C26H19ClN2O4. The van der Waals surface area contributed by atoms with Crippen molar-refractivity contribution in [3.8, 4) is 28.5 Å². The van der Waals surface area contributed by atoms with Crippen molar-refractivity contribution in [1.82, 2.24) is 4.98 Å². The summed E-state index contributed by atoms with van der Waals surface area (Å²) in [6.07, 6.45) is 0. The molecular weight excluding hydrogens is 440 g/mol. The maximum absolute atomic E-state index is 12.7. The number of benzene rings is 3. The van der Waals surface area contributed by atoms with Crippen LogP contribution >= 0.6 is 11.6 Å². The number of aromatic nitrogens is 1. The molecule has 0 aliphatic heterocycles. The van der Waals surface area contributed by atoms with Gasteiger partial charge in [0.1, 0.15) is 17.0 Å². The number of hydrogen-bond donors (Lipinski definition) is 2. The summed E-state index contributed by atoms with van der Waals surface area (Å²) < 4.78 is 11.6. The van der Waals surface area contributed by atoms with Gasteiger partial charge in [0.05, 0.1) is 5.56 Å². The molecule has 0 saturated heterocycles. The van der Waals surface area contributed by atoms with Gasteiger partial charge in [-0.3, -0.25) is 4.79 Å². The molecule has 0 atom stereocenters. The van der Waals surface area contributed by atoms with Crippen LogP contribution in [-0.2, 0) is 0 Å². The summed E-state index contributed by atoms with van der Waals surface area (Å²) in [5.41, 5.74) is 5.13. The molecule has 0 unspecified atom stereocenters. The Morgan fingerprint density at radius 3 is 2.61 bits per heavy atom. The van der Waals surface area contributed by atoms with Crippen molar-refractivity contribution in [3.63, 3.8) is 0 Å². The largest absolute Gasteiger partial charge is 0.507 e. The molecule has 0 fully saturated rings. The van der Waals surface area contributed by atoms with E-state index in [0.717, 1.165) is 16.7 Å². The molecule has 2 aromatic heterocycles. The second kappa shape index (κ2) is 8.15. The van der Waals surface area contributed by atoms with Crippen LogP contribution in [0.15, 0.2) is 75.6 Å². The maximum Gasteiger partial charge on any atom is 0.291 e. The zero-order valence-corrected chi connectivity index (χ0v) is 18.6. The number of hydrogen-bond acceptors (Lipinski definition) is 5. The number of furan rings is 1. The summed E-state index contributed by atoms with van der Waals surface area (Å²) in [6.45, 7) is 4.00. The molecule has 2 N–H and O–H groups in total. The number of halogens is 1. The third kappa shape index (κ3) is 4.08. The Bertz CT molecular complexity index is 1480. The van der Waals surface area contributed by atoms with Crippen LogP contribution in [-0.4, -0.2) is 16.0 Å². The summed E-state index contributed by atoms with van der Waals surface area (Å²) in [5.74, 6) is 0.515. The lowest BCUT2D eigenvalue weighted by atomic mass is 10.1. The quantitative estimate of drug-likeness (QED) is 0.283. The molecule has 1 amide bonds. The minimum Gasteiger partial charge on any atom is -0.507 e. The van der Waals surface area contributed by atoms with E-state index in [1.54, 1.807) is 36.4 Å². The lowest BCUT2D eigenvalue weighted by Gasteiger charge is -2.06. The Hall–Kier alpha value is -4.03. The van der Waals surface area contributed by atoms with Crippen molar-refractivity contribution in [2.45, 2.75) is 13.8 Å². The average molecular weight is 459 g/mol. The molecule has 0 saturated carbocycles. The van der Waals surface area contributed by atoms with Gasteiger partial charge in [-0.15, -0.1) is 0 Å². The number of aryl methyl sites for hydroxylation is 2. The molecule has 33 heavy (non-hydrogen) atoms. The van der Waals surface area contributed by atoms with E-state index in [9.17, 15) is 9.90 Å². The lowest BCUT2D eigenvalue weighted by Crippen LogP contribution is -2.10. The van der Waals surface area contributed by atoms with Crippen molar-refractivity contribution in [2.75, 3.05) is 5.32 Å². The summed E-state index contributed by atoms with van der Waals surface area (Å²) >= 11 is 6.04. The van der Waals surface area contributed by atoms with E-state index in [2.05, 4.69) is 10.3 Å². The van der Waals surface area contributed by atoms with Crippen molar-refractivity contribution >= 4 is 34.3 Å². The highest BCUT2D eigenvalue weighted by Crippen LogP contribution is 2.34. The fourth-order valence-electron chi connectivity index (χ4n) is 3.53. The second-order valence-corrected chi connectivity index (χ2v) is 8.22. The van der Waals surface area contributed by atoms with Gasteiger partial charge in [0.2, 0.25) is 5.89 Å². The van der Waals surface area contributed by atoms with E-state index < -0.39 is 5.91 Å². The summed E-state index contributed by atoms with van der Waals surface area (Å²) in [5, 5.41) is 13.7. The predicted molar refractivity (Wildman–Crippen MR) is 128 cm³/mol. The van der Waals surface area contributed by atoms with E-state index in [4.69, 9.17) is 20.4 Å². The Kier molecular flexibility index (Phi) is 5.15. The molecule has 164 valence electrons. The van der Waals surface area contributed by atoms with Gasteiger partial charge in [-0.2, -0.15) is 0 Å². The monoisotopic (exact) mass is 458 g/mol. The van der Waals surface area contributed by atoms with Gasteiger partial charge in [0.15, 0.2) is 11.3 Å². The van der Waals surface area contributed by atoms with Crippen molar-refractivity contribution in [3.05, 3.63) is 88.6 Å². The van der Waals surface area contributed by atoms with Crippen LogP contribution in [0.4, 0.5) is 5.69 Å². The number of oxazole rings is 1. The van der Waals surface area contributed by atoms with Gasteiger partial charge in [-0.1, -0.05) is 23.7 Å². The van der Waals surface area contributed by atoms with Crippen LogP contribution in [0, 0.1) is 13.8 Å². The molecule has 0 aliphatic rings. The number of rotatable bonds is 4. The minimum absolute atomic E-state index is 0.00533. The van der Waals surface area contributed by atoms with Gasteiger partial charge in [0.25, 0.3) is 5.91 Å². The molecule has 2 heterocycles. The highest BCUT2D eigenvalue weighted by molar-refractivity contribution is 6.30. The van der Waals surface area contributed by atoms with Gasteiger partial charge in [0, 0.05) is 16.3 Å². The van der Waals surface area contributed by atoms with Gasteiger partial charge in [-0.05, 0) is 79.6 Å². The SMILES string of the molecule is Cc1cc2nc(-c3cc(NC(=O)c4ccc(-c5cccc(Cl)c5)o4)ccc3O)oc2cc1C. The molecule has 0 bridgehead atoms. The maximum atomic E-state index is 12.7. The van der Waals surface area contributed by atoms with E-state index in [1.165, 1.54) is 6.07 Å². The number of anilines is 1. The van der Waals surface area contributed by atoms with Crippen molar-refractivity contribution in [2.24, 2.45) is 0 Å². The lowest BCUT2D eigenvalue weighted by molar-refractivity contribution is 0.0997. The van der Waals surface area contributed by atoms with Crippen LogP contribution < -0.4 is 5.32 Å². The van der Waals surface area contributed by atoms with E-state index >= 15 is 0 Å². The van der Waals surface area contributed by atoms with Crippen molar-refractivity contribution < 1.29 is 18.7 Å². The fraction of sp³-hybridized carbons (Fsp3) is 0.0769. The predicted octanol–water partition coefficient (Wildman–Crippen LogP) is 6.98. The molecule has 5 aromatic rings. The first-order valence-corrected chi connectivity index (χ1v) is 10.6. The minimum atomic E-state index is -0.427. The molecule has 7 heteroatoms. The van der Waals surface area contributed by atoms with Gasteiger partial charge >= 0.3 is 0 Å². The molecule has 3 aromatic carbocycles. The molecule has 5 rings (SSSR count). The Morgan fingerprint density at radius 1 is 0.970 bits per heavy atom. The number of aromatic hydroxyl groups is 1. The van der Waals surface area contributed by atoms with E-state index in [0.29, 0.717) is 33.1 Å². The smallest absolute Gasteiger partial charge is 0.291 e. The third-order valence-electron chi connectivity index (χ3n) is 5.43. The third-order valence-corrected chi connectivity index (χ3v) is 5.66. The zero-order valence-electron chi connectivity index (χ0n) is 17.8. The zero-order chi connectivity index (χ0) is 23.1. The van der Waals surface area contributed by atoms with Crippen molar-refractivity contribution in [1.29, 1.82) is 0 Å². The van der Waals surface area contributed by atoms with Crippen LogP contribution in [0.5, 0.6) is 5.75 Å². The number of carbonyl (C=O) groups excluding carboxylic acids is 1. The number of carbonyl (C=O) groups is 1. The van der Waals surface area contributed by atoms with Crippen LogP contribution in [0.2, 0.25) is 5.02 Å². The number of nitrogens with one attached hydrogen (secondary N) is 1. The summed E-state index contributed by atoms with van der Waals surface area (Å²) in [4.78, 5) is 17.2. The molecule has 6 nitrogen and oxygen atoms in total. The highest BCUT2D eigenvalue weighted by atomic mass is 35.5. The number of fused-ring (bicyclic) bond motifs is 1. The van der Waals surface area contributed by atoms with Crippen LogP contribution in [0.1, 0.15) is 21.7 Å². The molecule has 0 aliphatic carbocycles. The van der Waals surface area contributed by atoms with E-state index in [1.807, 2.05) is 38.1 Å². The Morgan fingerprint density at radius 2 is 1.79 bits per heavy atom. The van der Waals surface area contributed by atoms with Crippen LogP contribution in [0.3, 0.4) is 0 Å². The van der Waals surface area contributed by atoms with Gasteiger partial charge < -0.3 is 19.3 Å². The first-order valence-electron chi connectivity index (χ1n) is 10.3. The molecule has 0 spiro atoms. The van der Waals surface area contributed by atoms with Crippen LogP contribution in [0.25, 0.3) is 33.9 Å². The first kappa shape index (κ1) is 20.8. The molecule has 0 radical (unpaired) electrons. The highest BCUT2D eigenvalue weighted by Gasteiger charge is 2.17. The number of nitrogens with zero attached hydrogens (tertiary/aromatic N) is 1. The normalized spacial score (nSPS) is 11.1. The first-order chi connectivity index (χ1) is 15.9. The fourth-order valence-corrected chi connectivity index (χ4v) is 3.72. The second-order valence-electron chi connectivity index (χ2n) is 7.78. The summed E-state index contributed by atoms with van der Waals surface area (Å²) in [7, 11) is 0. The Balaban J connectivity index is 1.41. The standard InChI is InChI=1S/C26H19ClN2O4/c1-14-10-20-24(11-15(14)2)33-26(29-20)19-13-18(6-7-21(19)30)28-25(31)23-9-8-22(32-23)16-4-3-5-17(27)12-16/h3-13,30H,1-2H3,(H,28,31). The topological polar surface area (TPSA) is 88.5 Å². The average Bonchev–Trinajstić information content (AvgIpc) is 3.43. The van der Waals surface area contributed by atoms with Gasteiger partial charge in [-0.25, -0.2) is 4.98 Å². The Labute approximate surface area is 194 Å². The van der Waals surface area contributed by atoms with E-state index in [-0.39, 0.29) is 17.4 Å². The number of phenols is 1. The number of amides is 1. The number of phenolic OH excluding ortho intramolecular Hbond substituents is 1. The summed E-state index contributed by atoms with van der Waals surface area (Å²) in [6, 6.07) is 19.0.